The van der Waals surface area contributed by atoms with Gasteiger partial charge in [-0.15, -0.1) is 5.10 Å². The zero-order valence-corrected chi connectivity index (χ0v) is 18.6. The summed E-state index contributed by atoms with van der Waals surface area (Å²) in [6.45, 7) is 4.97. The Hall–Kier alpha value is -1.26. The smallest absolute Gasteiger partial charge is 0.264 e. The van der Waals surface area contributed by atoms with Gasteiger partial charge in [0, 0.05) is 36.8 Å². The van der Waals surface area contributed by atoms with Gasteiger partial charge in [0.15, 0.2) is 16.8 Å². The molecular formula is C20H23BrN4O3S. The van der Waals surface area contributed by atoms with Gasteiger partial charge in [-0.25, -0.2) is 4.98 Å². The topological polar surface area (TPSA) is 69.5 Å². The Morgan fingerprint density at radius 1 is 1.24 bits per heavy atom. The maximum Gasteiger partial charge on any atom is 0.264 e. The lowest BCUT2D eigenvalue weighted by atomic mass is 9.96. The minimum absolute atomic E-state index is 0.0128. The van der Waals surface area contributed by atoms with Crippen LogP contribution in [0.3, 0.4) is 0 Å². The highest BCUT2D eigenvalue weighted by Gasteiger charge is 2.47. The molecule has 3 aliphatic rings. The highest BCUT2D eigenvalue weighted by molar-refractivity contribution is 9.10. The summed E-state index contributed by atoms with van der Waals surface area (Å²) in [4.78, 5) is 20.2. The minimum Gasteiger partial charge on any atom is -0.347 e. The van der Waals surface area contributed by atoms with Crippen molar-refractivity contribution >= 4 is 33.6 Å². The number of hydrogen-bond acceptors (Lipinski definition) is 7. The normalized spacial score (nSPS) is 24.9. The number of aromatic nitrogens is 3. The molecule has 9 heteroatoms. The van der Waals surface area contributed by atoms with E-state index in [1.165, 1.54) is 16.4 Å². The van der Waals surface area contributed by atoms with Crippen LogP contribution in [0.5, 0.6) is 0 Å². The van der Waals surface area contributed by atoms with Crippen LogP contribution in [0.25, 0.3) is 0 Å². The van der Waals surface area contributed by atoms with Crippen molar-refractivity contribution in [2.45, 2.75) is 48.4 Å². The molecule has 0 aliphatic carbocycles. The molecule has 2 saturated heterocycles. The van der Waals surface area contributed by atoms with E-state index in [1.54, 1.807) is 0 Å². The molecule has 5 rings (SSSR count). The Morgan fingerprint density at radius 3 is 2.55 bits per heavy atom. The van der Waals surface area contributed by atoms with Crippen LogP contribution in [-0.4, -0.2) is 62.9 Å². The van der Waals surface area contributed by atoms with Crippen LogP contribution in [0.1, 0.15) is 42.0 Å². The zero-order chi connectivity index (χ0) is 20.0. The van der Waals surface area contributed by atoms with E-state index in [0.717, 1.165) is 48.2 Å². The molecule has 29 heavy (non-hydrogen) atoms. The molecule has 1 aromatic heterocycles. The van der Waals surface area contributed by atoms with Crippen LogP contribution in [0.4, 0.5) is 0 Å². The number of fused-ring (bicyclic) bond motifs is 1. The van der Waals surface area contributed by atoms with Gasteiger partial charge in [-0.2, -0.15) is 4.68 Å². The molecule has 1 spiro atoms. The fourth-order valence-electron chi connectivity index (χ4n) is 4.36. The molecule has 0 bridgehead atoms. The van der Waals surface area contributed by atoms with Crippen LogP contribution >= 0.6 is 27.7 Å². The van der Waals surface area contributed by atoms with Gasteiger partial charge < -0.3 is 9.47 Å². The highest BCUT2D eigenvalue weighted by atomic mass is 79.9. The second-order valence-electron chi connectivity index (χ2n) is 7.59. The number of nitrogens with zero attached hydrogens (tertiary/aromatic N) is 4. The minimum atomic E-state index is -0.433. The summed E-state index contributed by atoms with van der Waals surface area (Å²) in [6, 6.07) is 8.22. The maximum atomic E-state index is 13.3. The first kappa shape index (κ1) is 19.7. The van der Waals surface area contributed by atoms with E-state index in [9.17, 15) is 4.79 Å². The van der Waals surface area contributed by atoms with Crippen molar-refractivity contribution in [1.29, 1.82) is 0 Å². The Labute approximate surface area is 182 Å². The van der Waals surface area contributed by atoms with E-state index in [4.69, 9.17) is 9.47 Å². The zero-order valence-electron chi connectivity index (χ0n) is 16.2. The summed E-state index contributed by atoms with van der Waals surface area (Å²) in [5.74, 6) is 0.298. The number of halogens is 1. The summed E-state index contributed by atoms with van der Waals surface area (Å²) in [6.07, 6.45) is 2.35. The van der Waals surface area contributed by atoms with Gasteiger partial charge in [0.25, 0.3) is 5.91 Å². The molecule has 0 saturated carbocycles. The van der Waals surface area contributed by atoms with Crippen molar-refractivity contribution in [3.05, 3.63) is 40.1 Å². The SMILES string of the molecule is CCc1nc2n(n1)C(=O)C(C(c1ccc(Br)cc1)N1CCC3(CC1)OCCO3)S2. The van der Waals surface area contributed by atoms with E-state index >= 15 is 0 Å². The number of piperidine rings is 1. The lowest BCUT2D eigenvalue weighted by molar-refractivity contribution is -0.187. The molecule has 7 nitrogen and oxygen atoms in total. The van der Waals surface area contributed by atoms with E-state index in [0.29, 0.717) is 18.4 Å². The molecule has 3 aliphatic heterocycles. The number of carbonyl (C=O) groups excluding carboxylic acids is 1. The number of carbonyl (C=O) groups is 1. The first-order valence-corrected chi connectivity index (χ1v) is 11.7. The average Bonchev–Trinajstić information content (AvgIpc) is 3.43. The van der Waals surface area contributed by atoms with Gasteiger partial charge >= 0.3 is 0 Å². The number of rotatable bonds is 4. The molecule has 2 unspecified atom stereocenters. The van der Waals surface area contributed by atoms with Crippen molar-refractivity contribution < 1.29 is 14.3 Å². The van der Waals surface area contributed by atoms with E-state index in [2.05, 4.69) is 43.0 Å². The van der Waals surface area contributed by atoms with Gasteiger partial charge in [-0.1, -0.05) is 46.7 Å². The first-order chi connectivity index (χ1) is 14.1. The quantitative estimate of drug-likeness (QED) is 0.667. The molecule has 4 heterocycles. The van der Waals surface area contributed by atoms with Crippen molar-refractivity contribution in [2.24, 2.45) is 0 Å². The number of thioether (sulfide) groups is 1. The second-order valence-corrected chi connectivity index (χ2v) is 9.62. The molecule has 154 valence electrons. The van der Waals surface area contributed by atoms with E-state index in [-0.39, 0.29) is 17.2 Å². The number of aryl methyl sites for hydroxylation is 1. The number of ether oxygens (including phenoxy) is 2. The predicted molar refractivity (Wildman–Crippen MR) is 112 cm³/mol. The maximum absolute atomic E-state index is 13.3. The lowest BCUT2D eigenvalue weighted by Gasteiger charge is -2.42. The Bertz CT molecular complexity index is 903. The van der Waals surface area contributed by atoms with Gasteiger partial charge in [0.05, 0.1) is 19.3 Å². The van der Waals surface area contributed by atoms with Crippen LogP contribution < -0.4 is 0 Å². The summed E-state index contributed by atoms with van der Waals surface area (Å²) in [5.41, 5.74) is 1.13. The molecule has 0 radical (unpaired) electrons. The van der Waals surface area contributed by atoms with E-state index in [1.807, 2.05) is 19.1 Å². The van der Waals surface area contributed by atoms with Crippen LogP contribution in [-0.2, 0) is 15.9 Å². The van der Waals surface area contributed by atoms with Gasteiger partial charge in [-0.05, 0) is 17.7 Å². The molecule has 2 aromatic rings. The van der Waals surface area contributed by atoms with Crippen LogP contribution in [0.2, 0.25) is 0 Å². The largest absolute Gasteiger partial charge is 0.347 e. The molecular weight excluding hydrogens is 456 g/mol. The van der Waals surface area contributed by atoms with Crippen molar-refractivity contribution in [1.82, 2.24) is 19.7 Å². The summed E-state index contributed by atoms with van der Waals surface area (Å²) in [5, 5.41) is 4.84. The third-order valence-electron chi connectivity index (χ3n) is 5.89. The Balaban J connectivity index is 1.43. The Kier molecular flexibility index (Phi) is 5.28. The summed E-state index contributed by atoms with van der Waals surface area (Å²) >= 11 is 5.05. The molecule has 1 aromatic carbocycles. The first-order valence-electron chi connectivity index (χ1n) is 10.0. The van der Waals surface area contributed by atoms with Gasteiger partial charge in [-0.3, -0.25) is 9.69 Å². The predicted octanol–water partition coefficient (Wildman–Crippen LogP) is 3.30. The summed E-state index contributed by atoms with van der Waals surface area (Å²) in [7, 11) is 0. The third-order valence-corrected chi connectivity index (χ3v) is 7.60. The van der Waals surface area contributed by atoms with E-state index < -0.39 is 5.79 Å². The molecule has 0 N–H and O–H groups in total. The average molecular weight is 479 g/mol. The molecule has 2 fully saturated rings. The monoisotopic (exact) mass is 478 g/mol. The van der Waals surface area contributed by atoms with Gasteiger partial charge in [0.2, 0.25) is 0 Å². The number of benzene rings is 1. The Morgan fingerprint density at radius 2 is 1.93 bits per heavy atom. The van der Waals surface area contributed by atoms with Crippen LogP contribution in [0, 0.1) is 0 Å². The fourth-order valence-corrected chi connectivity index (χ4v) is 5.90. The second kappa shape index (κ2) is 7.77. The van der Waals surface area contributed by atoms with Gasteiger partial charge in [0.1, 0.15) is 5.25 Å². The molecule has 0 amide bonds. The van der Waals surface area contributed by atoms with Crippen LogP contribution in [0.15, 0.2) is 33.9 Å². The highest BCUT2D eigenvalue weighted by Crippen LogP contribution is 2.43. The summed E-state index contributed by atoms with van der Waals surface area (Å²) < 4.78 is 14.3. The van der Waals surface area contributed by atoms with Crippen molar-refractivity contribution in [2.75, 3.05) is 26.3 Å². The molecule has 2 atom stereocenters. The lowest BCUT2D eigenvalue weighted by Crippen LogP contribution is -2.49. The van der Waals surface area contributed by atoms with Crippen molar-refractivity contribution in [3.8, 4) is 0 Å². The van der Waals surface area contributed by atoms with Crippen molar-refractivity contribution in [3.63, 3.8) is 0 Å². The number of hydrogen-bond donors (Lipinski definition) is 0. The standard InChI is InChI=1S/C20H23BrN4O3S/c1-2-15-22-19-25(23-15)18(26)17(29-19)16(13-3-5-14(21)6-4-13)24-9-7-20(8-10-24)27-11-12-28-20/h3-6,16-17H,2,7-12H2,1H3. The third kappa shape index (κ3) is 3.57. The fraction of sp³-hybridized carbons (Fsp3) is 0.550. The number of likely N-dealkylation sites (tertiary alicyclic amines) is 1.